The minimum atomic E-state index is -0.154. The molecule has 1 fully saturated rings. The van der Waals surface area contributed by atoms with Crippen LogP contribution in [0, 0.1) is 5.92 Å². The summed E-state index contributed by atoms with van der Waals surface area (Å²) in [5.74, 6) is 1.18. The summed E-state index contributed by atoms with van der Waals surface area (Å²) in [4.78, 5) is 21.2. The Morgan fingerprint density at radius 2 is 2.07 bits per heavy atom. The molecule has 1 atom stereocenters. The maximum atomic E-state index is 13.1. The molecule has 1 aromatic heterocycles. The average Bonchev–Trinajstić information content (AvgIpc) is 3.28. The number of anilines is 2. The van der Waals surface area contributed by atoms with Crippen molar-refractivity contribution in [2.75, 3.05) is 37.0 Å². The predicted molar refractivity (Wildman–Crippen MR) is 116 cm³/mol. The average molecular weight is 427 g/mol. The monoisotopic (exact) mass is 426 g/mol. The fraction of sp³-hybridized carbons (Fsp3) is 0.318. The highest BCUT2D eigenvalue weighted by Gasteiger charge is 2.31. The summed E-state index contributed by atoms with van der Waals surface area (Å²) in [6.45, 7) is 1.31. The van der Waals surface area contributed by atoms with Crippen molar-refractivity contribution in [1.29, 1.82) is 0 Å². The normalized spacial score (nSPS) is 16.4. The molecule has 30 heavy (non-hydrogen) atoms. The molecule has 3 aromatic rings. The van der Waals surface area contributed by atoms with E-state index in [0.29, 0.717) is 23.4 Å². The summed E-state index contributed by atoms with van der Waals surface area (Å²) < 4.78 is 10.7. The molecule has 4 rings (SSSR count). The number of hydrogen-bond donors (Lipinski definition) is 0. The largest absolute Gasteiger partial charge is 0.497 e. The SMILES string of the molecule is COc1ccc(-c2noc(N3CCC[C@H](C(=O)N(C)c4cccc(Cl)c4)C3)n2)cc1. The van der Waals surface area contributed by atoms with Crippen molar-refractivity contribution in [1.82, 2.24) is 10.1 Å². The van der Waals surface area contributed by atoms with Crippen molar-refractivity contribution in [2.24, 2.45) is 5.92 Å². The molecule has 156 valence electrons. The summed E-state index contributed by atoms with van der Waals surface area (Å²) in [7, 11) is 3.40. The second kappa shape index (κ2) is 8.75. The highest BCUT2D eigenvalue weighted by Crippen LogP contribution is 2.28. The van der Waals surface area contributed by atoms with E-state index in [0.717, 1.165) is 36.4 Å². The van der Waals surface area contributed by atoms with Gasteiger partial charge in [0.15, 0.2) is 0 Å². The number of halogens is 1. The van der Waals surface area contributed by atoms with Crippen LogP contribution in [-0.4, -0.2) is 43.3 Å². The van der Waals surface area contributed by atoms with Gasteiger partial charge in [-0.1, -0.05) is 22.8 Å². The molecule has 1 aliphatic heterocycles. The van der Waals surface area contributed by atoms with E-state index in [-0.39, 0.29) is 11.8 Å². The Balaban J connectivity index is 1.46. The first-order chi connectivity index (χ1) is 14.5. The van der Waals surface area contributed by atoms with E-state index in [9.17, 15) is 4.79 Å². The van der Waals surface area contributed by atoms with Crippen LogP contribution < -0.4 is 14.5 Å². The van der Waals surface area contributed by atoms with E-state index in [1.807, 2.05) is 41.3 Å². The summed E-state index contributed by atoms with van der Waals surface area (Å²) in [5.41, 5.74) is 1.63. The molecule has 0 saturated carbocycles. The molecule has 7 nitrogen and oxygen atoms in total. The predicted octanol–water partition coefficient (Wildman–Crippen LogP) is 4.28. The highest BCUT2D eigenvalue weighted by atomic mass is 35.5. The van der Waals surface area contributed by atoms with Gasteiger partial charge in [0.1, 0.15) is 5.75 Å². The topological polar surface area (TPSA) is 71.7 Å². The molecule has 2 heterocycles. The lowest BCUT2D eigenvalue weighted by Gasteiger charge is -2.32. The number of rotatable bonds is 5. The maximum absolute atomic E-state index is 13.1. The number of carbonyl (C=O) groups excluding carboxylic acids is 1. The molecule has 1 amide bonds. The molecule has 8 heteroatoms. The third-order valence-electron chi connectivity index (χ3n) is 5.33. The zero-order chi connectivity index (χ0) is 21.1. The molecule has 0 aliphatic carbocycles. The van der Waals surface area contributed by atoms with Crippen LogP contribution >= 0.6 is 11.6 Å². The Kier molecular flexibility index (Phi) is 5.90. The third kappa shape index (κ3) is 4.26. The molecule has 0 bridgehead atoms. The van der Waals surface area contributed by atoms with Crippen LogP contribution in [0.5, 0.6) is 5.75 Å². The van der Waals surface area contributed by atoms with E-state index in [2.05, 4.69) is 10.1 Å². The van der Waals surface area contributed by atoms with Crippen molar-refractivity contribution in [3.63, 3.8) is 0 Å². The second-order valence-corrected chi connectivity index (χ2v) is 7.73. The van der Waals surface area contributed by atoms with Gasteiger partial charge < -0.3 is 19.1 Å². The van der Waals surface area contributed by atoms with Crippen LogP contribution in [0.15, 0.2) is 53.1 Å². The number of carbonyl (C=O) groups is 1. The minimum absolute atomic E-state index is 0.0526. The van der Waals surface area contributed by atoms with E-state index in [1.54, 1.807) is 31.2 Å². The smallest absolute Gasteiger partial charge is 0.324 e. The summed E-state index contributed by atoms with van der Waals surface area (Å²) >= 11 is 6.07. The number of hydrogen-bond acceptors (Lipinski definition) is 6. The number of aromatic nitrogens is 2. The van der Waals surface area contributed by atoms with Crippen molar-refractivity contribution in [2.45, 2.75) is 12.8 Å². The first-order valence-corrected chi connectivity index (χ1v) is 10.2. The standard InChI is InChI=1S/C22H23ClN4O3/c1-26(18-7-3-6-17(23)13-18)21(28)16-5-4-12-27(14-16)22-24-20(25-30-22)15-8-10-19(29-2)11-9-15/h3,6-11,13,16H,4-5,12,14H2,1-2H3/t16-/m0/s1. The van der Waals surface area contributed by atoms with E-state index < -0.39 is 0 Å². The second-order valence-electron chi connectivity index (χ2n) is 7.29. The molecular weight excluding hydrogens is 404 g/mol. The van der Waals surface area contributed by atoms with E-state index in [1.165, 1.54) is 0 Å². The molecule has 2 aromatic carbocycles. The summed E-state index contributed by atoms with van der Waals surface area (Å²) in [6, 6.07) is 15.2. The van der Waals surface area contributed by atoms with Gasteiger partial charge >= 0.3 is 6.01 Å². The first-order valence-electron chi connectivity index (χ1n) is 9.81. The summed E-state index contributed by atoms with van der Waals surface area (Å²) in [6.07, 6.45) is 1.69. The van der Waals surface area contributed by atoms with Gasteiger partial charge in [0.2, 0.25) is 11.7 Å². The van der Waals surface area contributed by atoms with Gasteiger partial charge in [-0.15, -0.1) is 0 Å². The Bertz CT molecular complexity index is 1020. The van der Waals surface area contributed by atoms with E-state index in [4.69, 9.17) is 20.9 Å². The number of piperidine rings is 1. The fourth-order valence-corrected chi connectivity index (χ4v) is 3.82. The quantitative estimate of drug-likeness (QED) is 0.606. The van der Waals surface area contributed by atoms with Crippen LogP contribution in [0.2, 0.25) is 5.02 Å². The maximum Gasteiger partial charge on any atom is 0.324 e. The summed E-state index contributed by atoms with van der Waals surface area (Å²) in [5, 5.41) is 4.71. The zero-order valence-corrected chi connectivity index (χ0v) is 17.7. The van der Waals surface area contributed by atoms with Crippen LogP contribution in [0.25, 0.3) is 11.4 Å². The number of ether oxygens (including phenoxy) is 1. The molecular formula is C22H23ClN4O3. The molecule has 0 radical (unpaired) electrons. The molecule has 0 spiro atoms. The lowest BCUT2D eigenvalue weighted by Crippen LogP contribution is -2.44. The van der Waals surface area contributed by atoms with Crippen LogP contribution in [0.3, 0.4) is 0 Å². The fourth-order valence-electron chi connectivity index (χ4n) is 3.64. The van der Waals surface area contributed by atoms with Gasteiger partial charge in [-0.05, 0) is 55.3 Å². The van der Waals surface area contributed by atoms with Gasteiger partial charge in [0.05, 0.1) is 13.0 Å². The molecule has 1 aliphatic rings. The molecule has 1 saturated heterocycles. The Hall–Kier alpha value is -3.06. The van der Waals surface area contributed by atoms with Crippen molar-refractivity contribution in [3.05, 3.63) is 53.6 Å². The minimum Gasteiger partial charge on any atom is -0.497 e. The Morgan fingerprint density at radius 1 is 1.27 bits per heavy atom. The lowest BCUT2D eigenvalue weighted by molar-refractivity contribution is -0.122. The van der Waals surface area contributed by atoms with Crippen LogP contribution in [0.4, 0.5) is 11.7 Å². The van der Waals surface area contributed by atoms with Crippen LogP contribution in [0.1, 0.15) is 12.8 Å². The Labute approximate surface area is 180 Å². The number of amides is 1. The zero-order valence-electron chi connectivity index (χ0n) is 16.9. The Morgan fingerprint density at radius 3 is 2.80 bits per heavy atom. The van der Waals surface area contributed by atoms with Crippen molar-refractivity contribution in [3.8, 4) is 17.1 Å². The lowest BCUT2D eigenvalue weighted by atomic mass is 9.96. The van der Waals surface area contributed by atoms with Crippen LogP contribution in [-0.2, 0) is 4.79 Å². The van der Waals surface area contributed by atoms with Gasteiger partial charge in [-0.3, -0.25) is 4.79 Å². The van der Waals surface area contributed by atoms with Crippen molar-refractivity contribution < 1.29 is 14.1 Å². The highest BCUT2D eigenvalue weighted by molar-refractivity contribution is 6.30. The van der Waals surface area contributed by atoms with Gasteiger partial charge in [0.25, 0.3) is 0 Å². The first kappa shape index (κ1) is 20.2. The molecule has 0 unspecified atom stereocenters. The third-order valence-corrected chi connectivity index (χ3v) is 5.57. The number of methoxy groups -OCH3 is 1. The van der Waals surface area contributed by atoms with Gasteiger partial charge in [-0.25, -0.2) is 0 Å². The van der Waals surface area contributed by atoms with E-state index >= 15 is 0 Å². The number of nitrogens with zero attached hydrogens (tertiary/aromatic N) is 4. The van der Waals surface area contributed by atoms with Gasteiger partial charge in [-0.2, -0.15) is 4.98 Å². The number of benzene rings is 2. The van der Waals surface area contributed by atoms with Gasteiger partial charge in [0, 0.05) is 36.4 Å². The molecule has 0 N–H and O–H groups in total. The van der Waals surface area contributed by atoms with Crippen molar-refractivity contribution >= 4 is 29.2 Å².